The van der Waals surface area contributed by atoms with Crippen LogP contribution in [0.3, 0.4) is 0 Å². The molecule has 1 aromatic heterocycles. The van der Waals surface area contributed by atoms with Gasteiger partial charge in [0.15, 0.2) is 0 Å². The first-order chi connectivity index (χ1) is 24.0. The molecule has 14 nitrogen and oxygen atoms in total. The number of benzene rings is 1. The lowest BCUT2D eigenvalue weighted by molar-refractivity contribution is -0.143. The summed E-state index contributed by atoms with van der Waals surface area (Å²) in [6, 6.07) is 5.17. The van der Waals surface area contributed by atoms with Crippen LogP contribution in [0.4, 0.5) is 4.79 Å². The highest BCUT2D eigenvalue weighted by Crippen LogP contribution is 2.45. The number of ether oxygens (including phenoxy) is 3. The van der Waals surface area contributed by atoms with Crippen molar-refractivity contribution in [2.45, 2.75) is 107 Å². The van der Waals surface area contributed by atoms with E-state index in [4.69, 9.17) is 14.2 Å². The summed E-state index contributed by atoms with van der Waals surface area (Å²) in [5.41, 5.74) is -2.35. The fraction of sp³-hybridized carbons (Fsp3) is 0.583. The molecule has 2 aromatic rings. The van der Waals surface area contributed by atoms with E-state index in [-0.39, 0.29) is 19.4 Å². The Morgan fingerprint density at radius 2 is 1.92 bits per heavy atom. The standard InChI is InChI=1S/C36H49N5O9S/c1-8-10-11-28(40(6)34(45)50-35(3,4)5)32(43)41-21-25(49-31-27-15-12-24(48-7)18-22(27)16-17-37-31)19-29(41)30(42)38-36(20-23(36)9-2)33(44)39-51(46,47)26-13-14-26/h9,12,15-18,23,25-26,28-29H,2,8,10-11,13-14,19-21H2,1,3-7H3,(H,38,42)(H,39,44). The summed E-state index contributed by atoms with van der Waals surface area (Å²) >= 11 is 0. The van der Waals surface area contributed by atoms with Crippen LogP contribution in [-0.2, 0) is 29.1 Å². The summed E-state index contributed by atoms with van der Waals surface area (Å²) in [6.07, 6.45) is 4.53. The minimum absolute atomic E-state index is 0.0178. The van der Waals surface area contributed by atoms with Gasteiger partial charge in [0, 0.05) is 31.0 Å². The number of nitrogens with zero attached hydrogens (tertiary/aromatic N) is 3. The molecule has 2 N–H and O–H groups in total. The van der Waals surface area contributed by atoms with Crippen LogP contribution < -0.4 is 19.5 Å². The first-order valence-electron chi connectivity index (χ1n) is 17.4. The van der Waals surface area contributed by atoms with Gasteiger partial charge in [0.2, 0.25) is 27.7 Å². The number of carbonyl (C=O) groups is 4. The third kappa shape index (κ3) is 8.40. The smallest absolute Gasteiger partial charge is 0.410 e. The fourth-order valence-corrected chi connectivity index (χ4v) is 7.80. The van der Waals surface area contributed by atoms with Gasteiger partial charge >= 0.3 is 6.09 Å². The molecule has 2 saturated carbocycles. The quantitative estimate of drug-likeness (QED) is 0.273. The Hall–Kier alpha value is -4.40. The lowest BCUT2D eigenvalue weighted by Crippen LogP contribution is -2.58. The number of hydrogen-bond donors (Lipinski definition) is 2. The van der Waals surface area contributed by atoms with Crippen LogP contribution in [0.25, 0.3) is 10.8 Å². The lowest BCUT2D eigenvalue weighted by atomic mass is 10.1. The molecule has 1 aromatic carbocycles. The molecule has 2 heterocycles. The number of methoxy groups -OCH3 is 1. The molecule has 0 spiro atoms. The summed E-state index contributed by atoms with van der Waals surface area (Å²) in [6.45, 7) is 10.9. The van der Waals surface area contributed by atoms with Gasteiger partial charge in [-0.1, -0.05) is 25.8 Å². The second-order valence-corrected chi connectivity index (χ2v) is 16.6. The van der Waals surface area contributed by atoms with Gasteiger partial charge in [-0.25, -0.2) is 18.2 Å². The van der Waals surface area contributed by atoms with Crippen molar-refractivity contribution in [2.75, 3.05) is 20.7 Å². The molecule has 278 valence electrons. The number of nitrogens with one attached hydrogen (secondary N) is 2. The molecule has 3 fully saturated rings. The first-order valence-corrected chi connectivity index (χ1v) is 18.9. The third-order valence-corrected chi connectivity index (χ3v) is 11.4. The number of amides is 4. The van der Waals surface area contributed by atoms with Crippen LogP contribution in [0.15, 0.2) is 43.1 Å². The lowest BCUT2D eigenvalue weighted by Gasteiger charge is -2.34. The van der Waals surface area contributed by atoms with E-state index in [1.165, 1.54) is 22.9 Å². The van der Waals surface area contributed by atoms with Crippen molar-refractivity contribution in [2.24, 2.45) is 5.92 Å². The highest BCUT2D eigenvalue weighted by atomic mass is 32.2. The largest absolute Gasteiger partial charge is 0.497 e. The van der Waals surface area contributed by atoms with Gasteiger partial charge in [-0.3, -0.25) is 24.0 Å². The number of carbonyl (C=O) groups excluding carboxylic acids is 4. The molecule has 4 amide bonds. The SMILES string of the molecule is C=CC1CC1(NC(=O)C1CC(Oc2nccc3cc(OC)ccc23)CN1C(=O)C(CCCC)N(C)C(=O)OC(C)(C)C)C(=O)NS(=O)(=O)C1CC1. The normalized spacial score (nSPS) is 23.6. The van der Waals surface area contributed by atoms with E-state index in [0.29, 0.717) is 42.7 Å². The average Bonchev–Trinajstić information content (AvgIpc) is 4.00. The Kier molecular flexibility index (Phi) is 10.9. The number of hydrogen-bond acceptors (Lipinski definition) is 10. The maximum absolute atomic E-state index is 14.5. The number of unbranched alkanes of at least 4 members (excludes halogenated alkanes) is 1. The maximum atomic E-state index is 14.5. The number of pyridine rings is 1. The van der Waals surface area contributed by atoms with E-state index in [2.05, 4.69) is 21.6 Å². The maximum Gasteiger partial charge on any atom is 0.410 e. The Balaban J connectivity index is 1.45. The molecule has 0 radical (unpaired) electrons. The van der Waals surface area contributed by atoms with Crippen LogP contribution >= 0.6 is 0 Å². The van der Waals surface area contributed by atoms with Gasteiger partial charge in [0.25, 0.3) is 5.91 Å². The van der Waals surface area contributed by atoms with E-state index in [0.717, 1.165) is 11.8 Å². The Bertz CT molecular complexity index is 1790. The number of fused-ring (bicyclic) bond motifs is 1. The molecule has 5 rings (SSSR count). The van der Waals surface area contributed by atoms with Crippen LogP contribution in [-0.4, -0.2) is 102 Å². The van der Waals surface area contributed by atoms with Crippen molar-refractivity contribution in [1.82, 2.24) is 24.8 Å². The number of rotatable bonds is 14. The van der Waals surface area contributed by atoms with Crippen LogP contribution in [0.2, 0.25) is 0 Å². The molecule has 5 atom stereocenters. The molecule has 15 heteroatoms. The molecule has 1 aliphatic heterocycles. The van der Waals surface area contributed by atoms with Crippen molar-refractivity contribution >= 4 is 44.6 Å². The van der Waals surface area contributed by atoms with E-state index < -0.39 is 74.3 Å². The van der Waals surface area contributed by atoms with E-state index in [9.17, 15) is 27.6 Å². The van der Waals surface area contributed by atoms with Gasteiger partial charge in [-0.2, -0.15) is 0 Å². The van der Waals surface area contributed by atoms with Crippen LogP contribution in [0.1, 0.15) is 72.6 Å². The molecular weight excluding hydrogens is 678 g/mol. The van der Waals surface area contributed by atoms with Gasteiger partial charge in [0.05, 0.1) is 18.9 Å². The summed E-state index contributed by atoms with van der Waals surface area (Å²) in [4.78, 5) is 62.5. The van der Waals surface area contributed by atoms with Crippen molar-refractivity contribution in [1.29, 1.82) is 0 Å². The predicted molar refractivity (Wildman–Crippen MR) is 189 cm³/mol. The zero-order chi connectivity index (χ0) is 37.3. The van der Waals surface area contributed by atoms with Crippen molar-refractivity contribution < 1.29 is 41.8 Å². The van der Waals surface area contributed by atoms with Crippen molar-refractivity contribution in [3.05, 3.63) is 43.1 Å². The molecule has 0 bridgehead atoms. The molecule has 51 heavy (non-hydrogen) atoms. The zero-order valence-corrected chi connectivity index (χ0v) is 31.0. The molecule has 1 saturated heterocycles. The van der Waals surface area contributed by atoms with Crippen LogP contribution in [0, 0.1) is 5.92 Å². The van der Waals surface area contributed by atoms with Gasteiger partial charge in [-0.15, -0.1) is 6.58 Å². The molecular formula is C36H49N5O9S. The van der Waals surface area contributed by atoms with E-state index in [1.807, 2.05) is 25.1 Å². The van der Waals surface area contributed by atoms with E-state index in [1.54, 1.807) is 40.1 Å². The number of likely N-dealkylation sites (tertiary alicyclic amines) is 1. The first kappa shape index (κ1) is 37.8. The highest BCUT2D eigenvalue weighted by molar-refractivity contribution is 7.91. The predicted octanol–water partition coefficient (Wildman–Crippen LogP) is 3.69. The van der Waals surface area contributed by atoms with Gasteiger partial charge < -0.3 is 24.4 Å². The topological polar surface area (TPSA) is 174 Å². The number of aromatic nitrogens is 1. The number of likely N-dealkylation sites (N-methyl/N-ethyl adjacent to an activating group) is 1. The monoisotopic (exact) mass is 727 g/mol. The zero-order valence-electron chi connectivity index (χ0n) is 30.1. The van der Waals surface area contributed by atoms with Gasteiger partial charge in [0.1, 0.15) is 35.1 Å². The summed E-state index contributed by atoms with van der Waals surface area (Å²) in [5.74, 6) is -1.52. The second-order valence-electron chi connectivity index (χ2n) is 14.6. The fourth-order valence-electron chi connectivity index (χ4n) is 6.43. The minimum Gasteiger partial charge on any atom is -0.497 e. The minimum atomic E-state index is -3.89. The van der Waals surface area contributed by atoms with E-state index >= 15 is 0 Å². The number of sulfonamides is 1. The average molecular weight is 728 g/mol. The third-order valence-electron chi connectivity index (χ3n) is 9.58. The Morgan fingerprint density at radius 3 is 2.53 bits per heavy atom. The van der Waals surface area contributed by atoms with Crippen molar-refractivity contribution in [3.63, 3.8) is 0 Å². The summed E-state index contributed by atoms with van der Waals surface area (Å²) < 4.78 is 44.8. The highest BCUT2D eigenvalue weighted by Gasteiger charge is 2.62. The second kappa shape index (κ2) is 14.7. The van der Waals surface area contributed by atoms with Gasteiger partial charge in [-0.05, 0) is 76.1 Å². The molecule has 5 unspecified atom stereocenters. The van der Waals surface area contributed by atoms with Crippen LogP contribution in [0.5, 0.6) is 11.6 Å². The Labute approximate surface area is 299 Å². The molecule has 2 aliphatic carbocycles. The Morgan fingerprint density at radius 1 is 1.20 bits per heavy atom. The summed E-state index contributed by atoms with van der Waals surface area (Å²) in [7, 11) is -0.821. The van der Waals surface area contributed by atoms with Crippen molar-refractivity contribution in [3.8, 4) is 11.6 Å². The summed E-state index contributed by atoms with van der Waals surface area (Å²) in [5, 5.41) is 3.68. The molecule has 3 aliphatic rings.